The zero-order valence-corrected chi connectivity index (χ0v) is 15.2. The molecule has 3 rings (SSSR count). The summed E-state index contributed by atoms with van der Waals surface area (Å²) in [5, 5.41) is 0.895. The number of carbonyl (C=O) groups excluding carboxylic acids is 1. The summed E-state index contributed by atoms with van der Waals surface area (Å²) in [5.74, 6) is 1.28. The van der Waals surface area contributed by atoms with Crippen LogP contribution in [0.15, 0.2) is 29.4 Å². The smallest absolute Gasteiger partial charge is 0.233 e. The molecule has 1 aliphatic rings. The van der Waals surface area contributed by atoms with Crippen LogP contribution >= 0.6 is 11.8 Å². The molecule has 130 valence electrons. The zero-order valence-electron chi connectivity index (χ0n) is 14.4. The summed E-state index contributed by atoms with van der Waals surface area (Å²) in [7, 11) is 1.70. The van der Waals surface area contributed by atoms with Gasteiger partial charge in [0.1, 0.15) is 0 Å². The van der Waals surface area contributed by atoms with E-state index in [0.29, 0.717) is 18.3 Å². The number of benzene rings is 1. The predicted molar refractivity (Wildman–Crippen MR) is 97.3 cm³/mol. The third kappa shape index (κ3) is 3.92. The molecular weight excluding hydrogens is 322 g/mol. The van der Waals surface area contributed by atoms with E-state index >= 15 is 0 Å². The summed E-state index contributed by atoms with van der Waals surface area (Å²) >= 11 is 1.53. The van der Waals surface area contributed by atoms with E-state index in [4.69, 9.17) is 9.72 Å². The number of fused-ring (bicyclic) bond motifs is 1. The molecule has 1 aromatic carbocycles. The van der Waals surface area contributed by atoms with Gasteiger partial charge in [0.05, 0.1) is 23.4 Å². The van der Waals surface area contributed by atoms with Crippen molar-refractivity contribution >= 4 is 28.7 Å². The number of hydrogen-bond acceptors (Lipinski definition) is 4. The van der Waals surface area contributed by atoms with Crippen molar-refractivity contribution in [3.8, 4) is 0 Å². The van der Waals surface area contributed by atoms with E-state index < -0.39 is 0 Å². The minimum atomic E-state index is 0.219. The van der Waals surface area contributed by atoms with E-state index in [1.807, 2.05) is 23.1 Å². The highest BCUT2D eigenvalue weighted by molar-refractivity contribution is 7.99. The molecule has 0 N–H and O–H groups in total. The van der Waals surface area contributed by atoms with Crippen molar-refractivity contribution in [1.29, 1.82) is 0 Å². The van der Waals surface area contributed by atoms with Crippen molar-refractivity contribution in [1.82, 2.24) is 14.5 Å². The Hall–Kier alpha value is -1.53. The van der Waals surface area contributed by atoms with Crippen LogP contribution in [0.25, 0.3) is 11.0 Å². The van der Waals surface area contributed by atoms with Gasteiger partial charge in [0.2, 0.25) is 5.91 Å². The highest BCUT2D eigenvalue weighted by Gasteiger charge is 2.21. The van der Waals surface area contributed by atoms with E-state index in [-0.39, 0.29) is 5.91 Å². The fourth-order valence-corrected chi connectivity index (χ4v) is 4.14. The minimum absolute atomic E-state index is 0.219. The first-order valence-electron chi connectivity index (χ1n) is 8.54. The number of ether oxygens (including phenoxy) is 1. The van der Waals surface area contributed by atoms with Gasteiger partial charge in [-0.1, -0.05) is 30.8 Å². The fraction of sp³-hybridized carbons (Fsp3) is 0.556. The minimum Gasteiger partial charge on any atom is -0.383 e. The fourth-order valence-electron chi connectivity index (χ4n) is 3.20. The Balaban J connectivity index is 1.71. The Morgan fingerprint density at radius 3 is 3.04 bits per heavy atom. The van der Waals surface area contributed by atoms with Gasteiger partial charge in [-0.15, -0.1) is 0 Å². The molecule has 24 heavy (non-hydrogen) atoms. The average molecular weight is 347 g/mol. The van der Waals surface area contributed by atoms with Gasteiger partial charge in [0.25, 0.3) is 0 Å². The van der Waals surface area contributed by atoms with Gasteiger partial charge >= 0.3 is 0 Å². The standard InChI is InChI=1S/C18H25N3O2S/c1-14-6-5-9-20(12-14)17(22)13-24-18-19-15-7-3-4-8-16(15)21(18)10-11-23-2/h3-4,7-8,14H,5-6,9-13H2,1-2H3. The van der Waals surface area contributed by atoms with Crippen molar-refractivity contribution in [2.45, 2.75) is 31.5 Å². The Bertz CT molecular complexity index is 701. The number of rotatable bonds is 6. The van der Waals surface area contributed by atoms with E-state index in [9.17, 15) is 4.79 Å². The second-order valence-corrected chi connectivity index (χ2v) is 7.35. The summed E-state index contributed by atoms with van der Waals surface area (Å²) in [6.07, 6.45) is 2.34. The van der Waals surface area contributed by atoms with Crippen molar-refractivity contribution in [2.24, 2.45) is 5.92 Å². The Morgan fingerprint density at radius 1 is 1.42 bits per heavy atom. The highest BCUT2D eigenvalue weighted by atomic mass is 32.2. The van der Waals surface area contributed by atoms with Crippen LogP contribution in [0, 0.1) is 5.92 Å². The highest BCUT2D eigenvalue weighted by Crippen LogP contribution is 2.25. The van der Waals surface area contributed by atoms with E-state index in [2.05, 4.69) is 17.6 Å². The molecule has 0 bridgehead atoms. The van der Waals surface area contributed by atoms with E-state index in [0.717, 1.165) is 42.2 Å². The molecular formula is C18H25N3O2S. The molecule has 1 aliphatic heterocycles. The lowest BCUT2D eigenvalue weighted by molar-refractivity contribution is -0.130. The van der Waals surface area contributed by atoms with Crippen molar-refractivity contribution in [2.75, 3.05) is 32.6 Å². The lowest BCUT2D eigenvalue weighted by Crippen LogP contribution is -2.40. The Kier molecular flexibility index (Phi) is 5.79. The largest absolute Gasteiger partial charge is 0.383 e. The van der Waals surface area contributed by atoms with Gasteiger partial charge in [-0.05, 0) is 30.9 Å². The molecule has 0 spiro atoms. The second-order valence-electron chi connectivity index (χ2n) is 6.40. The van der Waals surface area contributed by atoms with Crippen LogP contribution in [0.4, 0.5) is 0 Å². The van der Waals surface area contributed by atoms with E-state index in [1.165, 1.54) is 18.2 Å². The summed E-state index contributed by atoms with van der Waals surface area (Å²) in [6, 6.07) is 8.08. The first kappa shape index (κ1) is 17.3. The van der Waals surface area contributed by atoms with E-state index in [1.54, 1.807) is 7.11 Å². The summed E-state index contributed by atoms with van der Waals surface area (Å²) < 4.78 is 7.37. The Morgan fingerprint density at radius 2 is 2.25 bits per heavy atom. The zero-order chi connectivity index (χ0) is 16.9. The number of carbonyl (C=O) groups is 1. The van der Waals surface area contributed by atoms with Gasteiger partial charge in [0, 0.05) is 26.7 Å². The predicted octanol–water partition coefficient (Wildman–Crippen LogP) is 3.03. The monoisotopic (exact) mass is 347 g/mol. The molecule has 1 saturated heterocycles. The molecule has 0 aliphatic carbocycles. The van der Waals surface area contributed by atoms with Gasteiger partial charge in [0.15, 0.2) is 5.16 Å². The third-order valence-electron chi connectivity index (χ3n) is 4.47. The molecule has 1 unspecified atom stereocenters. The van der Waals surface area contributed by atoms with Crippen LogP contribution in [0.1, 0.15) is 19.8 Å². The van der Waals surface area contributed by atoms with Crippen LogP contribution in [-0.2, 0) is 16.1 Å². The SMILES string of the molecule is COCCn1c(SCC(=O)N2CCCC(C)C2)nc2ccccc21. The lowest BCUT2D eigenvalue weighted by Gasteiger charge is -2.30. The van der Waals surface area contributed by atoms with Gasteiger partial charge < -0.3 is 14.2 Å². The number of hydrogen-bond donors (Lipinski definition) is 0. The molecule has 1 atom stereocenters. The third-order valence-corrected chi connectivity index (χ3v) is 5.43. The normalized spacial score (nSPS) is 18.2. The summed E-state index contributed by atoms with van der Waals surface area (Å²) in [4.78, 5) is 19.2. The van der Waals surface area contributed by atoms with Crippen LogP contribution in [0.3, 0.4) is 0 Å². The maximum absolute atomic E-state index is 12.5. The maximum Gasteiger partial charge on any atom is 0.233 e. The van der Waals surface area contributed by atoms with Crippen LogP contribution < -0.4 is 0 Å². The summed E-state index contributed by atoms with van der Waals surface area (Å²) in [6.45, 7) is 5.37. The van der Waals surface area contributed by atoms with Crippen molar-refractivity contribution in [3.63, 3.8) is 0 Å². The number of methoxy groups -OCH3 is 1. The first-order valence-corrected chi connectivity index (χ1v) is 9.52. The summed E-state index contributed by atoms with van der Waals surface area (Å²) in [5.41, 5.74) is 2.06. The molecule has 2 heterocycles. The van der Waals surface area contributed by atoms with Crippen LogP contribution in [0.2, 0.25) is 0 Å². The topological polar surface area (TPSA) is 47.4 Å². The van der Waals surface area contributed by atoms with Crippen LogP contribution in [-0.4, -0.2) is 52.9 Å². The number of imidazole rings is 1. The molecule has 1 aromatic heterocycles. The number of likely N-dealkylation sites (tertiary alicyclic amines) is 1. The number of thioether (sulfide) groups is 1. The van der Waals surface area contributed by atoms with Gasteiger partial charge in [-0.25, -0.2) is 4.98 Å². The quantitative estimate of drug-likeness (QED) is 0.754. The molecule has 2 aromatic rings. The maximum atomic E-state index is 12.5. The molecule has 1 amide bonds. The van der Waals surface area contributed by atoms with Crippen molar-refractivity contribution in [3.05, 3.63) is 24.3 Å². The number of piperidine rings is 1. The number of amides is 1. The van der Waals surface area contributed by atoms with Gasteiger partial charge in [-0.2, -0.15) is 0 Å². The molecule has 0 radical (unpaired) electrons. The number of para-hydroxylation sites is 2. The lowest BCUT2D eigenvalue weighted by atomic mass is 10.0. The molecule has 0 saturated carbocycles. The number of nitrogens with zero attached hydrogens (tertiary/aromatic N) is 3. The van der Waals surface area contributed by atoms with Crippen LogP contribution in [0.5, 0.6) is 0 Å². The molecule has 5 nitrogen and oxygen atoms in total. The molecule has 6 heteroatoms. The first-order chi connectivity index (χ1) is 11.7. The van der Waals surface area contributed by atoms with Gasteiger partial charge in [-0.3, -0.25) is 4.79 Å². The van der Waals surface area contributed by atoms with Crippen molar-refractivity contribution < 1.29 is 9.53 Å². The molecule has 1 fully saturated rings. The Labute approximate surface area is 147 Å². The number of aromatic nitrogens is 2. The average Bonchev–Trinajstić information content (AvgIpc) is 2.95. The second kappa shape index (κ2) is 8.03.